The Morgan fingerprint density at radius 1 is 0.276 bits per heavy atom. The van der Waals surface area contributed by atoms with Gasteiger partial charge in [-0.2, -0.15) is 0 Å². The molecule has 0 aliphatic carbocycles. The second-order valence-electron chi connectivity index (χ2n) is 20.9. The maximum Gasteiger partial charge on any atom is 0.306 e. The lowest BCUT2D eigenvalue weighted by Crippen LogP contribution is -2.30. The Labute approximate surface area is 470 Å². The molecule has 0 amide bonds. The Bertz CT molecular complexity index is 1540. The standard InChI is InChI=1S/C70H118O6/c1-4-7-10-13-16-18-20-22-24-26-28-30-32-33-34-35-36-37-39-40-42-44-46-48-50-52-54-57-60-63-69(72)75-66-67(65-74-68(71)62-59-56-15-12-9-6-3)76-70(73)64-61-58-55-53-51-49-47-45-43-41-38-31-29-27-25-23-21-19-17-14-11-8-5-2/h7-8,10-11,16-19,22-25,28-31,33-34,67H,4-6,9,12-15,20-21,26-27,32,35-66H2,1-3H3/b10-7-,11-8-,18-16-,19-17-,24-22-,25-23-,30-28-,31-29-,34-33-. The number of allylic oxidation sites excluding steroid dienone is 18. The summed E-state index contributed by atoms with van der Waals surface area (Å²) in [5.74, 6) is -0.887. The molecule has 0 saturated heterocycles. The third-order valence-corrected chi connectivity index (χ3v) is 13.5. The molecule has 0 bridgehead atoms. The summed E-state index contributed by atoms with van der Waals surface area (Å²) < 4.78 is 16.8. The second-order valence-corrected chi connectivity index (χ2v) is 20.9. The van der Waals surface area contributed by atoms with Crippen LogP contribution in [0.5, 0.6) is 0 Å². The molecule has 0 aromatic rings. The molecule has 6 heteroatoms. The maximum atomic E-state index is 12.8. The minimum atomic E-state index is -0.779. The number of hydrogen-bond donors (Lipinski definition) is 0. The van der Waals surface area contributed by atoms with E-state index in [-0.39, 0.29) is 31.1 Å². The van der Waals surface area contributed by atoms with E-state index in [9.17, 15) is 14.4 Å². The van der Waals surface area contributed by atoms with Crippen molar-refractivity contribution in [1.29, 1.82) is 0 Å². The summed E-state index contributed by atoms with van der Waals surface area (Å²) in [6.45, 7) is 6.37. The summed E-state index contributed by atoms with van der Waals surface area (Å²) in [7, 11) is 0. The van der Waals surface area contributed by atoms with Gasteiger partial charge in [0, 0.05) is 19.3 Å². The van der Waals surface area contributed by atoms with Gasteiger partial charge in [-0.05, 0) is 103 Å². The number of esters is 3. The Balaban J connectivity index is 4.09. The van der Waals surface area contributed by atoms with Gasteiger partial charge in [-0.25, -0.2) is 0 Å². The summed E-state index contributed by atoms with van der Waals surface area (Å²) in [4.78, 5) is 38.0. The molecule has 434 valence electrons. The number of hydrogen-bond acceptors (Lipinski definition) is 6. The molecule has 0 N–H and O–H groups in total. The molecule has 0 radical (unpaired) electrons. The van der Waals surface area contributed by atoms with Gasteiger partial charge in [-0.3, -0.25) is 14.4 Å². The van der Waals surface area contributed by atoms with Gasteiger partial charge < -0.3 is 14.2 Å². The van der Waals surface area contributed by atoms with Crippen LogP contribution in [0.4, 0.5) is 0 Å². The van der Waals surface area contributed by atoms with E-state index < -0.39 is 6.10 Å². The second kappa shape index (κ2) is 63.6. The highest BCUT2D eigenvalue weighted by molar-refractivity contribution is 5.71. The molecular formula is C70H118O6. The van der Waals surface area contributed by atoms with Crippen LogP contribution in [-0.4, -0.2) is 37.2 Å². The number of carbonyl (C=O) groups excluding carboxylic acids is 3. The molecule has 0 aromatic heterocycles. The monoisotopic (exact) mass is 1050 g/mol. The first-order valence-electron chi connectivity index (χ1n) is 31.9. The van der Waals surface area contributed by atoms with Crippen molar-refractivity contribution in [3.63, 3.8) is 0 Å². The summed E-state index contributed by atoms with van der Waals surface area (Å²) in [6.07, 6.45) is 87.0. The maximum absolute atomic E-state index is 12.8. The number of rotatable bonds is 57. The van der Waals surface area contributed by atoms with Crippen molar-refractivity contribution in [2.45, 2.75) is 303 Å². The highest BCUT2D eigenvalue weighted by Crippen LogP contribution is 2.16. The van der Waals surface area contributed by atoms with E-state index in [2.05, 4.69) is 130 Å². The Kier molecular flexibility index (Phi) is 60.3. The minimum absolute atomic E-state index is 0.0788. The van der Waals surface area contributed by atoms with E-state index in [1.807, 2.05) is 0 Å². The van der Waals surface area contributed by atoms with Crippen LogP contribution in [0.25, 0.3) is 0 Å². The molecule has 76 heavy (non-hydrogen) atoms. The first-order valence-corrected chi connectivity index (χ1v) is 31.9. The van der Waals surface area contributed by atoms with Crippen molar-refractivity contribution in [2.24, 2.45) is 0 Å². The molecule has 0 aliphatic rings. The fourth-order valence-corrected chi connectivity index (χ4v) is 8.81. The molecule has 0 saturated carbocycles. The van der Waals surface area contributed by atoms with Gasteiger partial charge >= 0.3 is 17.9 Å². The Morgan fingerprint density at radius 3 is 0.803 bits per heavy atom. The van der Waals surface area contributed by atoms with Crippen LogP contribution in [-0.2, 0) is 28.6 Å². The van der Waals surface area contributed by atoms with Gasteiger partial charge in [0.05, 0.1) is 0 Å². The van der Waals surface area contributed by atoms with E-state index in [1.54, 1.807) is 0 Å². The van der Waals surface area contributed by atoms with Crippen molar-refractivity contribution < 1.29 is 28.6 Å². The molecule has 1 unspecified atom stereocenters. The highest BCUT2D eigenvalue weighted by atomic mass is 16.6. The van der Waals surface area contributed by atoms with Crippen LogP contribution in [0.2, 0.25) is 0 Å². The van der Waals surface area contributed by atoms with Gasteiger partial charge in [0.25, 0.3) is 0 Å². The fourth-order valence-electron chi connectivity index (χ4n) is 8.81. The highest BCUT2D eigenvalue weighted by Gasteiger charge is 2.19. The topological polar surface area (TPSA) is 78.9 Å². The largest absolute Gasteiger partial charge is 0.462 e. The number of ether oxygens (including phenoxy) is 3. The summed E-state index contributed by atoms with van der Waals surface area (Å²) in [5, 5.41) is 0. The SMILES string of the molecule is CC/C=C\C/C=C\C/C=C\C/C=C\C/C=C\CCCCCCCCCCCCCCCC(=O)OCC(COC(=O)CCCCCCCC)OC(=O)CCCCCCCCCCCC/C=C\C/C=C\C/C=C\C/C=C\CC. The molecule has 0 spiro atoms. The van der Waals surface area contributed by atoms with Gasteiger partial charge in [-0.1, -0.05) is 284 Å². The molecule has 0 aromatic carbocycles. The predicted molar refractivity (Wildman–Crippen MR) is 330 cm³/mol. The average molecular weight is 1060 g/mol. The molecule has 0 heterocycles. The van der Waals surface area contributed by atoms with Crippen LogP contribution in [0.1, 0.15) is 297 Å². The first kappa shape index (κ1) is 72.1. The van der Waals surface area contributed by atoms with E-state index in [0.717, 1.165) is 116 Å². The van der Waals surface area contributed by atoms with Crippen molar-refractivity contribution in [3.8, 4) is 0 Å². The lowest BCUT2D eigenvalue weighted by molar-refractivity contribution is -0.167. The summed E-state index contributed by atoms with van der Waals surface area (Å²) in [6, 6.07) is 0. The molecular weight excluding hydrogens is 937 g/mol. The van der Waals surface area contributed by atoms with Crippen LogP contribution in [0, 0.1) is 0 Å². The minimum Gasteiger partial charge on any atom is -0.462 e. The fraction of sp³-hybridized carbons (Fsp3) is 0.700. The predicted octanol–water partition coefficient (Wildman–Crippen LogP) is 21.8. The van der Waals surface area contributed by atoms with Crippen molar-refractivity contribution in [2.75, 3.05) is 13.2 Å². The van der Waals surface area contributed by atoms with Crippen molar-refractivity contribution >= 4 is 17.9 Å². The van der Waals surface area contributed by atoms with Crippen LogP contribution >= 0.6 is 0 Å². The van der Waals surface area contributed by atoms with Crippen LogP contribution in [0.3, 0.4) is 0 Å². The van der Waals surface area contributed by atoms with E-state index in [0.29, 0.717) is 19.3 Å². The molecule has 6 nitrogen and oxygen atoms in total. The van der Waals surface area contributed by atoms with Crippen LogP contribution in [0.15, 0.2) is 109 Å². The van der Waals surface area contributed by atoms with Gasteiger partial charge in [0.1, 0.15) is 13.2 Å². The lowest BCUT2D eigenvalue weighted by Gasteiger charge is -2.18. The zero-order valence-electron chi connectivity index (χ0n) is 49.7. The van der Waals surface area contributed by atoms with Gasteiger partial charge in [-0.15, -0.1) is 0 Å². The average Bonchev–Trinajstić information content (AvgIpc) is 3.42. The number of carbonyl (C=O) groups is 3. The molecule has 0 aliphatic heterocycles. The van der Waals surface area contributed by atoms with Crippen molar-refractivity contribution in [3.05, 3.63) is 109 Å². The third kappa shape index (κ3) is 60.9. The normalized spacial score (nSPS) is 12.8. The summed E-state index contributed by atoms with van der Waals surface area (Å²) >= 11 is 0. The third-order valence-electron chi connectivity index (χ3n) is 13.5. The summed E-state index contributed by atoms with van der Waals surface area (Å²) in [5.41, 5.74) is 0. The van der Waals surface area contributed by atoms with Gasteiger partial charge in [0.2, 0.25) is 0 Å². The quantitative estimate of drug-likeness (QED) is 0.0261. The van der Waals surface area contributed by atoms with E-state index in [1.165, 1.54) is 141 Å². The Hall–Kier alpha value is -3.93. The van der Waals surface area contributed by atoms with Gasteiger partial charge in [0.15, 0.2) is 6.10 Å². The van der Waals surface area contributed by atoms with Crippen LogP contribution < -0.4 is 0 Å². The Morgan fingerprint density at radius 2 is 0.513 bits per heavy atom. The first-order chi connectivity index (χ1) is 37.5. The molecule has 0 fully saturated rings. The molecule has 0 rings (SSSR count). The smallest absolute Gasteiger partial charge is 0.306 e. The van der Waals surface area contributed by atoms with E-state index in [4.69, 9.17) is 14.2 Å². The van der Waals surface area contributed by atoms with Crippen molar-refractivity contribution in [1.82, 2.24) is 0 Å². The zero-order valence-corrected chi connectivity index (χ0v) is 49.7. The van der Waals surface area contributed by atoms with E-state index >= 15 is 0 Å². The lowest BCUT2D eigenvalue weighted by atomic mass is 10.0. The zero-order chi connectivity index (χ0) is 55.0. The number of unbranched alkanes of at least 4 members (excludes halogenated alkanes) is 28. The molecule has 1 atom stereocenters.